The van der Waals surface area contributed by atoms with Gasteiger partial charge < -0.3 is 15.0 Å². The van der Waals surface area contributed by atoms with Crippen molar-refractivity contribution in [1.29, 1.82) is 0 Å². The molecule has 0 aliphatic carbocycles. The SMILES string of the molecule is Cn1cc([C@H]2CS(=O)(=O)CCN2C(=O)NCC[C@@H]2CCCCO2)cn1. The van der Waals surface area contributed by atoms with Crippen molar-refractivity contribution in [3.05, 3.63) is 18.0 Å². The number of carbonyl (C=O) groups is 1. The Morgan fingerprint density at radius 3 is 2.96 bits per heavy atom. The van der Waals surface area contributed by atoms with Crippen molar-refractivity contribution in [2.24, 2.45) is 7.05 Å². The van der Waals surface area contributed by atoms with Crippen molar-refractivity contribution in [1.82, 2.24) is 20.0 Å². The van der Waals surface area contributed by atoms with Crippen LogP contribution in [0.2, 0.25) is 0 Å². The Morgan fingerprint density at radius 1 is 1.44 bits per heavy atom. The van der Waals surface area contributed by atoms with Crippen LogP contribution in [-0.2, 0) is 21.6 Å². The first-order valence-corrected chi connectivity index (χ1v) is 10.6. The minimum absolute atomic E-state index is 0.00290. The number of aryl methyl sites for hydroxylation is 1. The quantitative estimate of drug-likeness (QED) is 0.848. The van der Waals surface area contributed by atoms with Gasteiger partial charge in [-0.05, 0) is 25.7 Å². The Bertz CT molecular complexity index is 697. The molecule has 2 atom stereocenters. The van der Waals surface area contributed by atoms with Gasteiger partial charge in [-0.2, -0.15) is 5.10 Å². The Labute approximate surface area is 148 Å². The molecule has 0 unspecified atom stereocenters. The monoisotopic (exact) mass is 370 g/mol. The summed E-state index contributed by atoms with van der Waals surface area (Å²) in [5, 5.41) is 7.02. The molecule has 0 spiro atoms. The number of hydrogen-bond donors (Lipinski definition) is 1. The summed E-state index contributed by atoms with van der Waals surface area (Å²) < 4.78 is 31.3. The van der Waals surface area contributed by atoms with E-state index in [0.29, 0.717) is 6.54 Å². The van der Waals surface area contributed by atoms with E-state index >= 15 is 0 Å². The molecule has 2 amide bonds. The van der Waals surface area contributed by atoms with Gasteiger partial charge in [-0.3, -0.25) is 4.68 Å². The standard InChI is InChI=1S/C16H26N4O4S/c1-19-11-13(10-18-19)15-12-25(22,23)9-7-20(15)16(21)17-6-5-14-4-2-3-8-24-14/h10-11,14-15H,2-9,12H2,1H3,(H,17,21)/t14-,15+/m0/s1. The molecule has 1 aromatic heterocycles. The van der Waals surface area contributed by atoms with E-state index in [1.807, 2.05) is 0 Å². The second kappa shape index (κ2) is 7.74. The molecule has 1 aromatic rings. The second-order valence-electron chi connectivity index (χ2n) is 6.78. The van der Waals surface area contributed by atoms with Gasteiger partial charge in [-0.15, -0.1) is 0 Å². The maximum absolute atomic E-state index is 12.6. The Morgan fingerprint density at radius 2 is 2.28 bits per heavy atom. The normalized spacial score (nSPS) is 26.4. The van der Waals surface area contributed by atoms with E-state index in [2.05, 4.69) is 10.4 Å². The number of amides is 2. The van der Waals surface area contributed by atoms with Crippen molar-refractivity contribution in [2.75, 3.05) is 31.2 Å². The first kappa shape index (κ1) is 18.2. The van der Waals surface area contributed by atoms with Gasteiger partial charge in [0.05, 0.1) is 29.8 Å². The summed E-state index contributed by atoms with van der Waals surface area (Å²) in [5.74, 6) is -0.0548. The van der Waals surface area contributed by atoms with Gasteiger partial charge in [-0.1, -0.05) is 0 Å². The zero-order valence-electron chi connectivity index (χ0n) is 14.6. The van der Waals surface area contributed by atoms with Crippen LogP contribution in [-0.4, -0.2) is 66.4 Å². The number of nitrogens with one attached hydrogen (secondary N) is 1. The summed E-state index contributed by atoms with van der Waals surface area (Å²) in [4.78, 5) is 14.2. The summed E-state index contributed by atoms with van der Waals surface area (Å²) in [6, 6.07) is -0.710. The predicted octanol–water partition coefficient (Wildman–Crippen LogP) is 0.860. The maximum Gasteiger partial charge on any atom is 0.317 e. The highest BCUT2D eigenvalue weighted by Gasteiger charge is 2.35. The zero-order valence-corrected chi connectivity index (χ0v) is 15.4. The van der Waals surface area contributed by atoms with Crippen LogP contribution in [0, 0.1) is 0 Å². The van der Waals surface area contributed by atoms with Crippen LogP contribution in [0.15, 0.2) is 12.4 Å². The lowest BCUT2D eigenvalue weighted by Gasteiger charge is -2.35. The van der Waals surface area contributed by atoms with E-state index in [1.165, 1.54) is 6.42 Å². The minimum atomic E-state index is -3.15. The van der Waals surface area contributed by atoms with Gasteiger partial charge >= 0.3 is 6.03 Å². The van der Waals surface area contributed by atoms with Crippen LogP contribution in [0.25, 0.3) is 0 Å². The number of aromatic nitrogens is 2. The molecule has 1 N–H and O–H groups in total. The first-order valence-electron chi connectivity index (χ1n) is 8.80. The molecule has 0 saturated carbocycles. The van der Waals surface area contributed by atoms with Crippen molar-refractivity contribution < 1.29 is 17.9 Å². The summed E-state index contributed by atoms with van der Waals surface area (Å²) >= 11 is 0. The van der Waals surface area contributed by atoms with Crippen LogP contribution in [0.3, 0.4) is 0 Å². The van der Waals surface area contributed by atoms with E-state index in [1.54, 1.807) is 29.0 Å². The molecular formula is C16H26N4O4S. The van der Waals surface area contributed by atoms with Crippen LogP contribution >= 0.6 is 0 Å². The molecule has 8 nitrogen and oxygen atoms in total. The van der Waals surface area contributed by atoms with Crippen molar-refractivity contribution in [3.8, 4) is 0 Å². The minimum Gasteiger partial charge on any atom is -0.378 e. The van der Waals surface area contributed by atoms with Gasteiger partial charge in [0.1, 0.15) is 0 Å². The number of sulfone groups is 1. The Kier molecular flexibility index (Phi) is 5.63. The topological polar surface area (TPSA) is 93.5 Å². The lowest BCUT2D eigenvalue weighted by Crippen LogP contribution is -2.50. The first-order chi connectivity index (χ1) is 11.9. The highest BCUT2D eigenvalue weighted by atomic mass is 32.2. The summed E-state index contributed by atoms with van der Waals surface area (Å²) in [6.07, 6.45) is 7.71. The lowest BCUT2D eigenvalue weighted by atomic mass is 10.1. The Balaban J connectivity index is 1.60. The third-order valence-corrected chi connectivity index (χ3v) is 6.45. The molecule has 0 bridgehead atoms. The van der Waals surface area contributed by atoms with Crippen LogP contribution in [0.5, 0.6) is 0 Å². The van der Waals surface area contributed by atoms with E-state index in [4.69, 9.17) is 4.74 Å². The number of nitrogens with zero attached hydrogens (tertiary/aromatic N) is 3. The molecule has 2 aliphatic rings. The largest absolute Gasteiger partial charge is 0.378 e. The fraction of sp³-hybridized carbons (Fsp3) is 0.750. The Hall–Kier alpha value is -1.61. The summed E-state index contributed by atoms with van der Waals surface area (Å²) in [5.41, 5.74) is 0.747. The van der Waals surface area contributed by atoms with Gasteiger partial charge in [-0.25, -0.2) is 13.2 Å². The van der Waals surface area contributed by atoms with Gasteiger partial charge in [0.2, 0.25) is 0 Å². The van der Waals surface area contributed by atoms with Gasteiger partial charge in [0.25, 0.3) is 0 Å². The molecule has 3 rings (SSSR count). The molecule has 2 aliphatic heterocycles. The molecule has 3 heterocycles. The number of ether oxygens (including phenoxy) is 1. The van der Waals surface area contributed by atoms with Crippen LogP contribution in [0.4, 0.5) is 4.79 Å². The molecule has 140 valence electrons. The third kappa shape index (κ3) is 4.72. The predicted molar refractivity (Wildman–Crippen MR) is 92.9 cm³/mol. The molecule has 0 aromatic carbocycles. The number of rotatable bonds is 4. The van der Waals surface area contributed by atoms with E-state index in [0.717, 1.165) is 31.4 Å². The summed E-state index contributed by atoms with van der Waals surface area (Å²) in [7, 11) is -1.38. The van der Waals surface area contributed by atoms with Crippen molar-refractivity contribution >= 4 is 15.9 Å². The molecular weight excluding hydrogens is 344 g/mol. The summed E-state index contributed by atoms with van der Waals surface area (Å²) in [6.45, 7) is 1.53. The van der Waals surface area contributed by atoms with Crippen LogP contribution < -0.4 is 5.32 Å². The second-order valence-corrected chi connectivity index (χ2v) is 9.01. The van der Waals surface area contributed by atoms with Crippen LogP contribution in [0.1, 0.15) is 37.3 Å². The van der Waals surface area contributed by atoms with E-state index < -0.39 is 15.9 Å². The number of urea groups is 1. The highest BCUT2D eigenvalue weighted by molar-refractivity contribution is 7.91. The number of hydrogen-bond acceptors (Lipinski definition) is 5. The maximum atomic E-state index is 12.6. The molecule has 2 saturated heterocycles. The fourth-order valence-corrected chi connectivity index (χ4v) is 4.91. The van der Waals surface area contributed by atoms with E-state index in [-0.39, 0.29) is 30.2 Å². The molecule has 9 heteroatoms. The van der Waals surface area contributed by atoms with Gasteiger partial charge in [0.15, 0.2) is 9.84 Å². The molecule has 25 heavy (non-hydrogen) atoms. The fourth-order valence-electron chi connectivity index (χ4n) is 3.42. The van der Waals surface area contributed by atoms with Crippen molar-refractivity contribution in [2.45, 2.75) is 37.8 Å². The highest BCUT2D eigenvalue weighted by Crippen LogP contribution is 2.26. The number of carbonyl (C=O) groups excluding carboxylic acids is 1. The van der Waals surface area contributed by atoms with Gasteiger partial charge in [0, 0.05) is 38.5 Å². The third-order valence-electron chi connectivity index (χ3n) is 4.82. The average molecular weight is 370 g/mol. The lowest BCUT2D eigenvalue weighted by molar-refractivity contribution is 0.0118. The van der Waals surface area contributed by atoms with E-state index in [9.17, 15) is 13.2 Å². The zero-order chi connectivity index (χ0) is 17.9. The van der Waals surface area contributed by atoms with Crippen molar-refractivity contribution in [3.63, 3.8) is 0 Å². The average Bonchev–Trinajstić information content (AvgIpc) is 3.01. The molecule has 0 radical (unpaired) electrons. The smallest absolute Gasteiger partial charge is 0.317 e. The molecule has 2 fully saturated rings.